The van der Waals surface area contributed by atoms with Crippen LogP contribution >= 0.6 is 0 Å². The lowest BCUT2D eigenvalue weighted by molar-refractivity contribution is -0.118. The minimum atomic E-state index is -0.00708. The summed E-state index contributed by atoms with van der Waals surface area (Å²) in [6, 6.07) is 7.06. The van der Waals surface area contributed by atoms with Crippen LogP contribution in [0, 0.1) is 0 Å². The third-order valence-electron chi connectivity index (χ3n) is 3.17. The number of ether oxygens (including phenoxy) is 1. The molecule has 4 nitrogen and oxygen atoms in total. The lowest BCUT2D eigenvalue weighted by Gasteiger charge is -2.20. The Labute approximate surface area is 107 Å². The minimum Gasteiger partial charge on any atom is -0.497 e. The van der Waals surface area contributed by atoms with Crippen molar-refractivity contribution in [2.24, 2.45) is 0 Å². The van der Waals surface area contributed by atoms with Gasteiger partial charge in [-0.05, 0) is 30.7 Å². The summed E-state index contributed by atoms with van der Waals surface area (Å²) in [6.45, 7) is 1.19. The van der Waals surface area contributed by atoms with Crippen LogP contribution in [0.5, 0.6) is 5.75 Å². The summed E-state index contributed by atoms with van der Waals surface area (Å²) >= 11 is 0. The first-order valence-corrected chi connectivity index (χ1v) is 6.16. The molecule has 1 fully saturated rings. The largest absolute Gasteiger partial charge is 0.497 e. The van der Waals surface area contributed by atoms with Crippen molar-refractivity contribution in [3.05, 3.63) is 29.8 Å². The third kappa shape index (κ3) is 2.88. The number of likely N-dealkylation sites (tertiary alicyclic amines) is 1. The van der Waals surface area contributed by atoms with Crippen molar-refractivity contribution in [3.63, 3.8) is 0 Å². The quantitative estimate of drug-likeness (QED) is 0.801. The maximum atomic E-state index is 12.2. The van der Waals surface area contributed by atoms with Crippen LogP contribution < -0.4 is 4.74 Å². The predicted molar refractivity (Wildman–Crippen MR) is 67.8 cm³/mol. The van der Waals surface area contributed by atoms with E-state index in [1.807, 2.05) is 0 Å². The van der Waals surface area contributed by atoms with E-state index < -0.39 is 0 Å². The number of hydrogen-bond acceptors (Lipinski definition) is 3. The Bertz CT molecular complexity index is 439. The molecule has 0 atom stereocenters. The molecule has 0 unspecified atom stereocenters. The Morgan fingerprint density at radius 1 is 1.17 bits per heavy atom. The van der Waals surface area contributed by atoms with E-state index in [-0.39, 0.29) is 11.7 Å². The number of benzene rings is 1. The number of Topliss-reactive ketones (excluding diaryl/α,β-unsaturated/α-hetero) is 1. The molecular weight excluding hydrogens is 230 g/mol. The van der Waals surface area contributed by atoms with E-state index in [0.717, 1.165) is 12.2 Å². The van der Waals surface area contributed by atoms with Crippen molar-refractivity contribution in [2.45, 2.75) is 19.3 Å². The molecule has 0 saturated carbocycles. The molecule has 0 aromatic heterocycles. The van der Waals surface area contributed by atoms with Crippen LogP contribution in [0.15, 0.2) is 24.3 Å². The first kappa shape index (κ1) is 12.6. The van der Waals surface area contributed by atoms with Gasteiger partial charge in [0.25, 0.3) is 5.91 Å². The van der Waals surface area contributed by atoms with Crippen LogP contribution in [0.1, 0.15) is 29.6 Å². The number of carbonyl (C=O) groups excluding carboxylic acids is 2. The van der Waals surface area contributed by atoms with Crippen molar-refractivity contribution in [2.75, 3.05) is 20.2 Å². The second kappa shape index (κ2) is 5.67. The standard InChI is InChI=1S/C14H17NO3/c1-18-13-6-4-11(5-7-13)14(17)15-9-2-3-12(16)8-10-15/h4-7H,2-3,8-10H2,1H3. The molecule has 96 valence electrons. The van der Waals surface area contributed by atoms with E-state index in [2.05, 4.69) is 0 Å². The van der Waals surface area contributed by atoms with Gasteiger partial charge in [-0.1, -0.05) is 0 Å². The number of ketones is 1. The average molecular weight is 247 g/mol. The van der Waals surface area contributed by atoms with E-state index in [1.54, 1.807) is 36.3 Å². The first-order valence-electron chi connectivity index (χ1n) is 6.16. The predicted octanol–water partition coefficient (Wildman–Crippen LogP) is 1.89. The van der Waals surface area contributed by atoms with Gasteiger partial charge in [-0.25, -0.2) is 0 Å². The van der Waals surface area contributed by atoms with Crippen LogP contribution in [0.25, 0.3) is 0 Å². The number of methoxy groups -OCH3 is 1. The SMILES string of the molecule is COc1ccc(C(=O)N2CCCC(=O)CC2)cc1. The van der Waals surface area contributed by atoms with E-state index in [1.165, 1.54) is 0 Å². The topological polar surface area (TPSA) is 46.6 Å². The molecule has 0 N–H and O–H groups in total. The smallest absolute Gasteiger partial charge is 0.253 e. The van der Waals surface area contributed by atoms with Gasteiger partial charge in [0.2, 0.25) is 0 Å². The zero-order valence-corrected chi connectivity index (χ0v) is 10.5. The van der Waals surface area contributed by atoms with Gasteiger partial charge < -0.3 is 9.64 Å². The lowest BCUT2D eigenvalue weighted by Crippen LogP contribution is -2.32. The van der Waals surface area contributed by atoms with E-state index in [0.29, 0.717) is 31.5 Å². The summed E-state index contributed by atoms with van der Waals surface area (Å²) < 4.78 is 5.06. The second-order valence-electron chi connectivity index (χ2n) is 4.41. The molecule has 18 heavy (non-hydrogen) atoms. The number of rotatable bonds is 2. The van der Waals surface area contributed by atoms with E-state index in [9.17, 15) is 9.59 Å². The highest BCUT2D eigenvalue weighted by atomic mass is 16.5. The fourth-order valence-electron chi connectivity index (χ4n) is 2.08. The summed E-state index contributed by atoms with van der Waals surface area (Å²) in [5.74, 6) is 0.977. The number of hydrogen-bond donors (Lipinski definition) is 0. The van der Waals surface area contributed by atoms with Gasteiger partial charge in [0, 0.05) is 31.5 Å². The summed E-state index contributed by atoms with van der Waals surface area (Å²) in [5, 5.41) is 0. The fourth-order valence-corrected chi connectivity index (χ4v) is 2.08. The molecule has 0 bridgehead atoms. The molecule has 1 aliphatic rings. The Morgan fingerprint density at radius 2 is 1.89 bits per heavy atom. The fraction of sp³-hybridized carbons (Fsp3) is 0.429. The van der Waals surface area contributed by atoms with E-state index in [4.69, 9.17) is 4.74 Å². The maximum Gasteiger partial charge on any atom is 0.253 e. The number of carbonyl (C=O) groups is 2. The molecule has 1 aromatic rings. The Hall–Kier alpha value is -1.84. The van der Waals surface area contributed by atoms with Crippen molar-refractivity contribution >= 4 is 11.7 Å². The number of nitrogens with zero attached hydrogens (tertiary/aromatic N) is 1. The molecule has 1 aromatic carbocycles. The van der Waals surface area contributed by atoms with Gasteiger partial charge in [-0.3, -0.25) is 9.59 Å². The van der Waals surface area contributed by atoms with Gasteiger partial charge in [-0.15, -0.1) is 0 Å². The van der Waals surface area contributed by atoms with Crippen LogP contribution in [-0.4, -0.2) is 36.8 Å². The average Bonchev–Trinajstić information content (AvgIpc) is 2.63. The summed E-state index contributed by atoms with van der Waals surface area (Å²) in [6.07, 6.45) is 1.83. The first-order chi connectivity index (χ1) is 8.70. The Morgan fingerprint density at radius 3 is 2.56 bits per heavy atom. The normalized spacial score (nSPS) is 16.3. The maximum absolute atomic E-state index is 12.2. The molecule has 0 spiro atoms. The van der Waals surface area contributed by atoms with E-state index >= 15 is 0 Å². The molecule has 2 rings (SSSR count). The molecule has 0 aliphatic carbocycles. The summed E-state index contributed by atoms with van der Waals surface area (Å²) in [4.78, 5) is 25.3. The molecule has 4 heteroatoms. The van der Waals surface area contributed by atoms with Gasteiger partial charge in [0.15, 0.2) is 0 Å². The number of amides is 1. The van der Waals surface area contributed by atoms with Crippen molar-refractivity contribution in [1.82, 2.24) is 4.90 Å². The minimum absolute atomic E-state index is 0.00708. The summed E-state index contributed by atoms with van der Waals surface area (Å²) in [7, 11) is 1.59. The van der Waals surface area contributed by atoms with Gasteiger partial charge in [0.05, 0.1) is 7.11 Å². The molecular formula is C14H17NO3. The molecule has 1 amide bonds. The van der Waals surface area contributed by atoms with Gasteiger partial charge in [0.1, 0.15) is 11.5 Å². The zero-order valence-electron chi connectivity index (χ0n) is 10.5. The van der Waals surface area contributed by atoms with Crippen LogP contribution in [0.2, 0.25) is 0 Å². The van der Waals surface area contributed by atoms with Crippen LogP contribution in [0.4, 0.5) is 0 Å². The van der Waals surface area contributed by atoms with Crippen LogP contribution in [0.3, 0.4) is 0 Å². The highest BCUT2D eigenvalue weighted by Crippen LogP contribution is 2.15. The zero-order chi connectivity index (χ0) is 13.0. The van der Waals surface area contributed by atoms with Crippen LogP contribution in [-0.2, 0) is 4.79 Å². The summed E-state index contributed by atoms with van der Waals surface area (Å²) in [5.41, 5.74) is 0.644. The molecule has 1 saturated heterocycles. The Kier molecular flexibility index (Phi) is 3.97. The molecule has 1 heterocycles. The molecule has 0 radical (unpaired) electrons. The second-order valence-corrected chi connectivity index (χ2v) is 4.41. The Balaban J connectivity index is 2.07. The van der Waals surface area contributed by atoms with Crippen molar-refractivity contribution < 1.29 is 14.3 Å². The highest BCUT2D eigenvalue weighted by Gasteiger charge is 2.19. The highest BCUT2D eigenvalue weighted by molar-refractivity contribution is 5.94. The van der Waals surface area contributed by atoms with Gasteiger partial charge >= 0.3 is 0 Å². The lowest BCUT2D eigenvalue weighted by atomic mass is 10.2. The third-order valence-corrected chi connectivity index (χ3v) is 3.17. The van der Waals surface area contributed by atoms with Crippen molar-refractivity contribution in [1.29, 1.82) is 0 Å². The molecule has 1 aliphatic heterocycles. The van der Waals surface area contributed by atoms with Gasteiger partial charge in [-0.2, -0.15) is 0 Å². The monoisotopic (exact) mass is 247 g/mol. The van der Waals surface area contributed by atoms with Crippen molar-refractivity contribution in [3.8, 4) is 5.75 Å².